The first-order chi connectivity index (χ1) is 10.7. The van der Waals surface area contributed by atoms with Gasteiger partial charge in [-0.15, -0.1) is 0 Å². The standard InChI is InChI=1S/C15H21N3O5/c1-16(2)14(21)17(3)18(4)15(22)23-12(13(19)20)10-11-8-6-5-7-9-11/h5-9,12H,10H2,1-4H3,(H,19,20)/t12-/m0/s1. The Morgan fingerprint density at radius 3 is 2.09 bits per heavy atom. The molecule has 3 amide bonds. The van der Waals surface area contributed by atoms with Gasteiger partial charge in [0.05, 0.1) is 0 Å². The molecular weight excluding hydrogens is 302 g/mol. The maximum atomic E-state index is 12.0. The van der Waals surface area contributed by atoms with Gasteiger partial charge in [0.15, 0.2) is 0 Å². The van der Waals surface area contributed by atoms with Crippen molar-refractivity contribution in [2.45, 2.75) is 12.5 Å². The quantitative estimate of drug-likeness (QED) is 0.843. The number of carboxylic acid groups (broad SMARTS) is 1. The van der Waals surface area contributed by atoms with Gasteiger partial charge in [0.25, 0.3) is 0 Å². The number of hydrogen-bond donors (Lipinski definition) is 1. The molecule has 0 aliphatic carbocycles. The van der Waals surface area contributed by atoms with Crippen molar-refractivity contribution in [2.75, 3.05) is 28.2 Å². The highest BCUT2D eigenvalue weighted by molar-refractivity contribution is 5.80. The van der Waals surface area contributed by atoms with E-state index in [1.54, 1.807) is 30.3 Å². The Morgan fingerprint density at radius 1 is 1.04 bits per heavy atom. The predicted octanol–water partition coefficient (Wildman–Crippen LogP) is 1.28. The van der Waals surface area contributed by atoms with E-state index in [0.717, 1.165) is 15.6 Å². The average molecular weight is 323 g/mol. The number of hydrazine groups is 1. The Hall–Kier alpha value is -2.77. The van der Waals surface area contributed by atoms with E-state index in [4.69, 9.17) is 4.74 Å². The SMILES string of the molecule is CN(C)C(=O)N(C)N(C)C(=O)O[C@@H](Cc1ccccc1)C(=O)O. The molecule has 1 N–H and O–H groups in total. The van der Waals surface area contributed by atoms with Crippen molar-refractivity contribution in [3.8, 4) is 0 Å². The number of rotatable bonds is 4. The lowest BCUT2D eigenvalue weighted by Crippen LogP contribution is -2.50. The minimum atomic E-state index is -1.34. The molecule has 0 saturated carbocycles. The fourth-order valence-corrected chi connectivity index (χ4v) is 1.75. The van der Waals surface area contributed by atoms with E-state index >= 15 is 0 Å². The second-order valence-corrected chi connectivity index (χ2v) is 5.12. The summed E-state index contributed by atoms with van der Waals surface area (Å²) >= 11 is 0. The Kier molecular flexibility index (Phi) is 6.37. The molecule has 1 rings (SSSR count). The van der Waals surface area contributed by atoms with Crippen molar-refractivity contribution >= 4 is 18.1 Å². The summed E-state index contributed by atoms with van der Waals surface area (Å²) in [7, 11) is 5.78. The zero-order valence-electron chi connectivity index (χ0n) is 13.6. The molecule has 8 heteroatoms. The van der Waals surface area contributed by atoms with Gasteiger partial charge < -0.3 is 14.7 Å². The molecule has 126 valence electrons. The van der Waals surface area contributed by atoms with Crippen LogP contribution in [0.3, 0.4) is 0 Å². The van der Waals surface area contributed by atoms with E-state index in [1.807, 2.05) is 0 Å². The van der Waals surface area contributed by atoms with Gasteiger partial charge in [0.2, 0.25) is 6.10 Å². The van der Waals surface area contributed by atoms with Crippen molar-refractivity contribution in [3.05, 3.63) is 35.9 Å². The third kappa shape index (κ3) is 5.17. The maximum absolute atomic E-state index is 12.0. The average Bonchev–Trinajstić information content (AvgIpc) is 2.52. The summed E-state index contributed by atoms with van der Waals surface area (Å²) in [6, 6.07) is 8.39. The minimum absolute atomic E-state index is 0.0428. The second kappa shape index (κ2) is 8.02. The maximum Gasteiger partial charge on any atom is 0.429 e. The number of benzene rings is 1. The molecule has 0 aromatic heterocycles. The number of carbonyl (C=O) groups is 3. The number of hydrogen-bond acceptors (Lipinski definition) is 4. The van der Waals surface area contributed by atoms with E-state index in [9.17, 15) is 19.5 Å². The van der Waals surface area contributed by atoms with Gasteiger partial charge in [0, 0.05) is 34.6 Å². The lowest BCUT2D eigenvalue weighted by atomic mass is 10.1. The number of nitrogens with zero attached hydrogens (tertiary/aromatic N) is 3. The van der Waals surface area contributed by atoms with E-state index in [2.05, 4.69) is 0 Å². The molecule has 0 bridgehead atoms. The smallest absolute Gasteiger partial charge is 0.429 e. The van der Waals surface area contributed by atoms with Crippen molar-refractivity contribution < 1.29 is 24.2 Å². The summed E-state index contributed by atoms with van der Waals surface area (Å²) < 4.78 is 5.00. The topological polar surface area (TPSA) is 90.4 Å². The van der Waals surface area contributed by atoms with Crippen molar-refractivity contribution in [2.24, 2.45) is 0 Å². The molecule has 0 fully saturated rings. The molecule has 0 unspecified atom stereocenters. The number of amides is 3. The summed E-state index contributed by atoms with van der Waals surface area (Å²) in [5.74, 6) is -1.25. The van der Waals surface area contributed by atoms with Crippen LogP contribution in [0.5, 0.6) is 0 Å². The molecule has 1 atom stereocenters. The first kappa shape index (κ1) is 18.3. The Balaban J connectivity index is 2.74. The van der Waals surface area contributed by atoms with Crippen LogP contribution in [-0.2, 0) is 16.0 Å². The van der Waals surface area contributed by atoms with Crippen molar-refractivity contribution in [1.29, 1.82) is 0 Å². The molecule has 0 heterocycles. The fraction of sp³-hybridized carbons (Fsp3) is 0.400. The number of aliphatic carboxylic acids is 1. The summed E-state index contributed by atoms with van der Waals surface area (Å²) in [6.07, 6.45) is -2.22. The molecule has 0 aliphatic heterocycles. The fourth-order valence-electron chi connectivity index (χ4n) is 1.75. The summed E-state index contributed by atoms with van der Waals surface area (Å²) in [5, 5.41) is 11.2. The third-order valence-electron chi connectivity index (χ3n) is 3.16. The van der Waals surface area contributed by atoms with Gasteiger partial charge in [0.1, 0.15) is 0 Å². The van der Waals surface area contributed by atoms with Crippen LogP contribution >= 0.6 is 0 Å². The molecule has 1 aromatic rings. The molecule has 0 saturated heterocycles. The Morgan fingerprint density at radius 2 is 1.61 bits per heavy atom. The van der Waals surface area contributed by atoms with Gasteiger partial charge in [-0.2, -0.15) is 0 Å². The third-order valence-corrected chi connectivity index (χ3v) is 3.16. The van der Waals surface area contributed by atoms with Crippen LogP contribution < -0.4 is 0 Å². The monoisotopic (exact) mass is 323 g/mol. The normalized spacial score (nSPS) is 11.3. The van der Waals surface area contributed by atoms with Crippen LogP contribution in [0.4, 0.5) is 9.59 Å². The van der Waals surface area contributed by atoms with E-state index in [-0.39, 0.29) is 6.42 Å². The first-order valence-electron chi connectivity index (χ1n) is 6.90. The summed E-state index contributed by atoms with van der Waals surface area (Å²) in [6.45, 7) is 0. The zero-order chi connectivity index (χ0) is 17.6. The van der Waals surface area contributed by atoms with Gasteiger partial charge >= 0.3 is 18.1 Å². The highest BCUT2D eigenvalue weighted by Gasteiger charge is 2.27. The Labute approximate surface area is 134 Å². The molecule has 23 heavy (non-hydrogen) atoms. The lowest BCUT2D eigenvalue weighted by molar-refractivity contribution is -0.147. The Bertz CT molecular complexity index is 561. The largest absolute Gasteiger partial charge is 0.478 e. The first-order valence-corrected chi connectivity index (χ1v) is 6.90. The van der Waals surface area contributed by atoms with Gasteiger partial charge in [-0.25, -0.2) is 24.4 Å². The minimum Gasteiger partial charge on any atom is -0.478 e. The van der Waals surface area contributed by atoms with Crippen LogP contribution in [0.15, 0.2) is 30.3 Å². The number of ether oxygens (including phenoxy) is 1. The van der Waals surface area contributed by atoms with E-state index in [0.29, 0.717) is 0 Å². The molecule has 8 nitrogen and oxygen atoms in total. The van der Waals surface area contributed by atoms with Crippen LogP contribution in [0.25, 0.3) is 0 Å². The molecule has 0 spiro atoms. The molecule has 0 aliphatic rings. The predicted molar refractivity (Wildman–Crippen MR) is 82.7 cm³/mol. The van der Waals surface area contributed by atoms with Gasteiger partial charge in [-0.1, -0.05) is 30.3 Å². The number of carbonyl (C=O) groups excluding carboxylic acids is 2. The van der Waals surface area contributed by atoms with Crippen LogP contribution in [0.2, 0.25) is 0 Å². The highest BCUT2D eigenvalue weighted by atomic mass is 16.6. The van der Waals surface area contributed by atoms with Crippen LogP contribution in [-0.4, -0.2) is 72.4 Å². The van der Waals surface area contributed by atoms with Gasteiger partial charge in [-0.3, -0.25) is 0 Å². The van der Waals surface area contributed by atoms with Crippen LogP contribution in [0.1, 0.15) is 5.56 Å². The summed E-state index contributed by atoms with van der Waals surface area (Å²) in [4.78, 5) is 36.4. The van der Waals surface area contributed by atoms with Crippen LogP contribution in [0, 0.1) is 0 Å². The lowest BCUT2D eigenvalue weighted by Gasteiger charge is -2.30. The van der Waals surface area contributed by atoms with Gasteiger partial charge in [-0.05, 0) is 5.56 Å². The van der Waals surface area contributed by atoms with E-state index in [1.165, 1.54) is 33.1 Å². The number of urea groups is 1. The molecule has 0 radical (unpaired) electrons. The molecular formula is C15H21N3O5. The van der Waals surface area contributed by atoms with E-state index < -0.39 is 24.2 Å². The van der Waals surface area contributed by atoms with Crippen molar-refractivity contribution in [3.63, 3.8) is 0 Å². The second-order valence-electron chi connectivity index (χ2n) is 5.12. The zero-order valence-corrected chi connectivity index (χ0v) is 13.6. The van der Waals surface area contributed by atoms with Crippen molar-refractivity contribution in [1.82, 2.24) is 14.9 Å². The molecule has 1 aromatic carbocycles. The number of carboxylic acids is 1. The highest BCUT2D eigenvalue weighted by Crippen LogP contribution is 2.09. The summed E-state index contributed by atoms with van der Waals surface area (Å²) in [5.41, 5.74) is 0.730.